The Morgan fingerprint density at radius 1 is 1.44 bits per heavy atom. The van der Waals surface area contributed by atoms with Gasteiger partial charge in [-0.05, 0) is 18.1 Å². The van der Waals surface area contributed by atoms with Crippen LogP contribution in [0.2, 0.25) is 0 Å². The number of carbonyl (C=O) groups excluding carboxylic acids is 1. The first kappa shape index (κ1) is 13.9. The van der Waals surface area contributed by atoms with Crippen LogP contribution in [-0.2, 0) is 0 Å². The Labute approximate surface area is 114 Å². The van der Waals surface area contributed by atoms with Gasteiger partial charge in [-0.1, -0.05) is 47.0 Å². The molecule has 0 saturated carbocycles. The molecule has 0 amide bonds. The van der Waals surface area contributed by atoms with Gasteiger partial charge >= 0.3 is 0 Å². The number of aromatic nitrogens is 1. The average molecular weight is 301 g/mol. The standard InChI is InChI=1S/C10H9Cl4NO/c11-4-2-1-3-7-5-8(15-6-7)9(16)10(12,13)14/h1,3,5-6,15H,2,4H2. The van der Waals surface area contributed by atoms with Crippen LogP contribution in [0.4, 0.5) is 0 Å². The number of alkyl halides is 4. The molecule has 0 aromatic carbocycles. The Morgan fingerprint density at radius 2 is 2.12 bits per heavy atom. The number of hydrogen-bond donors (Lipinski definition) is 1. The van der Waals surface area contributed by atoms with Crippen molar-refractivity contribution in [2.75, 3.05) is 5.88 Å². The van der Waals surface area contributed by atoms with E-state index in [0.29, 0.717) is 5.88 Å². The lowest BCUT2D eigenvalue weighted by Gasteiger charge is -2.06. The maximum atomic E-state index is 11.5. The van der Waals surface area contributed by atoms with Gasteiger partial charge in [0.1, 0.15) is 0 Å². The van der Waals surface area contributed by atoms with Crippen molar-refractivity contribution < 1.29 is 4.79 Å². The Kier molecular flexibility index (Phi) is 5.19. The topological polar surface area (TPSA) is 32.9 Å². The maximum Gasteiger partial charge on any atom is 0.254 e. The number of allylic oxidation sites excluding steroid dienone is 1. The number of nitrogens with one attached hydrogen (secondary N) is 1. The average Bonchev–Trinajstić information content (AvgIpc) is 2.64. The third-order valence-electron chi connectivity index (χ3n) is 1.79. The summed E-state index contributed by atoms with van der Waals surface area (Å²) in [5.74, 6) is -0.0181. The minimum Gasteiger partial charge on any atom is -0.358 e. The first-order chi connectivity index (χ1) is 7.45. The highest BCUT2D eigenvalue weighted by molar-refractivity contribution is 6.77. The summed E-state index contributed by atoms with van der Waals surface area (Å²) in [5.41, 5.74) is 1.10. The molecular formula is C10H9Cl4NO. The Morgan fingerprint density at radius 3 is 2.69 bits per heavy atom. The number of halogens is 4. The molecule has 0 aliphatic carbocycles. The number of Topliss-reactive ketones (excluding diaryl/α,β-unsaturated/α-hetero) is 1. The van der Waals surface area contributed by atoms with Crippen LogP contribution in [0.25, 0.3) is 6.08 Å². The second-order valence-corrected chi connectivity index (χ2v) is 5.71. The van der Waals surface area contributed by atoms with E-state index in [9.17, 15) is 4.79 Å². The van der Waals surface area contributed by atoms with Gasteiger partial charge in [-0.15, -0.1) is 11.6 Å². The van der Waals surface area contributed by atoms with Crippen LogP contribution in [0.15, 0.2) is 18.3 Å². The Bertz CT molecular complexity index is 392. The molecule has 1 aromatic rings. The largest absolute Gasteiger partial charge is 0.358 e. The summed E-state index contributed by atoms with van der Waals surface area (Å²) in [7, 11) is 0. The van der Waals surface area contributed by atoms with E-state index in [1.807, 2.05) is 12.2 Å². The van der Waals surface area contributed by atoms with Crippen LogP contribution in [0.5, 0.6) is 0 Å². The monoisotopic (exact) mass is 299 g/mol. The van der Waals surface area contributed by atoms with Gasteiger partial charge in [-0.25, -0.2) is 0 Å². The zero-order valence-corrected chi connectivity index (χ0v) is 11.2. The summed E-state index contributed by atoms with van der Waals surface area (Å²) in [6.45, 7) is 0. The van der Waals surface area contributed by atoms with E-state index >= 15 is 0 Å². The van der Waals surface area contributed by atoms with Crippen LogP contribution in [0.3, 0.4) is 0 Å². The highest BCUT2D eigenvalue weighted by Gasteiger charge is 2.32. The van der Waals surface area contributed by atoms with Crippen LogP contribution < -0.4 is 0 Å². The van der Waals surface area contributed by atoms with Crippen molar-refractivity contribution >= 4 is 58.3 Å². The number of aromatic amines is 1. The molecule has 2 nitrogen and oxygen atoms in total. The minimum absolute atomic E-state index is 0.269. The molecule has 0 unspecified atom stereocenters. The number of H-pyrrole nitrogens is 1. The van der Waals surface area contributed by atoms with E-state index in [1.54, 1.807) is 12.3 Å². The molecule has 0 spiro atoms. The van der Waals surface area contributed by atoms with Crippen LogP contribution in [0.1, 0.15) is 22.5 Å². The van der Waals surface area contributed by atoms with Crippen molar-refractivity contribution in [3.8, 4) is 0 Å². The normalized spacial score (nSPS) is 12.2. The molecule has 0 radical (unpaired) electrons. The minimum atomic E-state index is -1.93. The molecule has 1 rings (SSSR count). The maximum absolute atomic E-state index is 11.5. The molecule has 0 fully saturated rings. The van der Waals surface area contributed by atoms with E-state index in [-0.39, 0.29) is 5.69 Å². The van der Waals surface area contributed by atoms with Crippen molar-refractivity contribution in [3.63, 3.8) is 0 Å². The zero-order chi connectivity index (χ0) is 12.2. The van der Waals surface area contributed by atoms with Crippen molar-refractivity contribution in [1.29, 1.82) is 0 Å². The smallest absolute Gasteiger partial charge is 0.254 e. The van der Waals surface area contributed by atoms with Gasteiger partial charge in [0.2, 0.25) is 5.78 Å². The fourth-order valence-corrected chi connectivity index (χ4v) is 1.50. The number of ketones is 1. The number of rotatable bonds is 4. The van der Waals surface area contributed by atoms with Crippen molar-refractivity contribution in [2.45, 2.75) is 10.2 Å². The fraction of sp³-hybridized carbons (Fsp3) is 0.300. The molecule has 1 N–H and O–H groups in total. The van der Waals surface area contributed by atoms with E-state index in [4.69, 9.17) is 46.4 Å². The summed E-state index contributed by atoms with van der Waals surface area (Å²) in [5, 5.41) is 0. The molecule has 1 heterocycles. The van der Waals surface area contributed by atoms with E-state index in [1.165, 1.54) is 0 Å². The first-order valence-corrected chi connectivity index (χ1v) is 6.14. The lowest BCUT2D eigenvalue weighted by Crippen LogP contribution is -2.19. The molecule has 0 atom stereocenters. The number of hydrogen-bond acceptors (Lipinski definition) is 1. The Balaban J connectivity index is 2.76. The van der Waals surface area contributed by atoms with Crippen LogP contribution in [0, 0.1) is 0 Å². The van der Waals surface area contributed by atoms with Gasteiger partial charge in [-0.2, -0.15) is 0 Å². The quantitative estimate of drug-likeness (QED) is 0.656. The summed E-state index contributed by atoms with van der Waals surface area (Å²) >= 11 is 22.0. The molecular weight excluding hydrogens is 292 g/mol. The third-order valence-corrected chi connectivity index (χ3v) is 2.53. The zero-order valence-electron chi connectivity index (χ0n) is 8.14. The summed E-state index contributed by atoms with van der Waals surface area (Å²) in [6.07, 6.45) is 6.17. The third kappa shape index (κ3) is 4.02. The second kappa shape index (κ2) is 5.97. The van der Waals surface area contributed by atoms with Gasteiger partial charge in [0, 0.05) is 12.1 Å². The van der Waals surface area contributed by atoms with E-state index in [2.05, 4.69) is 4.98 Å². The van der Waals surface area contributed by atoms with Crippen LogP contribution >= 0.6 is 46.4 Å². The van der Waals surface area contributed by atoms with Gasteiger partial charge in [0.05, 0.1) is 5.69 Å². The van der Waals surface area contributed by atoms with Gasteiger partial charge in [0.15, 0.2) is 0 Å². The van der Waals surface area contributed by atoms with Gasteiger partial charge in [-0.3, -0.25) is 4.79 Å². The molecule has 1 aromatic heterocycles. The SMILES string of the molecule is O=C(c1cc(C=CCCCl)c[nH]1)C(Cl)(Cl)Cl. The lowest BCUT2D eigenvalue weighted by molar-refractivity contribution is 0.0992. The van der Waals surface area contributed by atoms with E-state index < -0.39 is 9.58 Å². The molecule has 0 aliphatic rings. The number of carbonyl (C=O) groups is 1. The van der Waals surface area contributed by atoms with Crippen molar-refractivity contribution in [1.82, 2.24) is 4.98 Å². The summed E-state index contributed by atoms with van der Waals surface area (Å²) in [6, 6.07) is 1.62. The lowest BCUT2D eigenvalue weighted by atomic mass is 10.2. The summed E-state index contributed by atoms with van der Waals surface area (Å²) in [4.78, 5) is 14.3. The molecule has 0 saturated heterocycles. The highest BCUT2D eigenvalue weighted by atomic mass is 35.6. The van der Waals surface area contributed by atoms with Gasteiger partial charge in [0.25, 0.3) is 3.79 Å². The molecule has 88 valence electrons. The Hall–Kier alpha value is -0.150. The molecule has 16 heavy (non-hydrogen) atoms. The predicted molar refractivity (Wildman–Crippen MR) is 69.8 cm³/mol. The highest BCUT2D eigenvalue weighted by Crippen LogP contribution is 2.30. The molecule has 6 heteroatoms. The van der Waals surface area contributed by atoms with Crippen LogP contribution in [-0.4, -0.2) is 20.4 Å². The molecule has 0 aliphatic heterocycles. The molecule has 0 bridgehead atoms. The first-order valence-electron chi connectivity index (χ1n) is 4.47. The fourth-order valence-electron chi connectivity index (χ4n) is 1.07. The predicted octanol–water partition coefficient (Wildman–Crippen LogP) is 4.21. The van der Waals surface area contributed by atoms with Crippen molar-refractivity contribution in [2.24, 2.45) is 0 Å². The van der Waals surface area contributed by atoms with Gasteiger partial charge < -0.3 is 4.98 Å². The van der Waals surface area contributed by atoms with Crippen molar-refractivity contribution in [3.05, 3.63) is 29.6 Å². The van der Waals surface area contributed by atoms with E-state index in [0.717, 1.165) is 12.0 Å². The second-order valence-electron chi connectivity index (χ2n) is 3.05. The summed E-state index contributed by atoms with van der Waals surface area (Å²) < 4.78 is -1.93.